The van der Waals surface area contributed by atoms with Crippen molar-refractivity contribution in [2.45, 2.75) is 26.3 Å². The average molecular weight is 298 g/mol. The molecule has 1 fully saturated rings. The summed E-state index contributed by atoms with van der Waals surface area (Å²) in [5, 5.41) is 7.20. The molecule has 116 valence electrons. The molecule has 1 N–H and O–H groups in total. The van der Waals surface area contributed by atoms with Crippen molar-refractivity contribution in [1.82, 2.24) is 20.0 Å². The first kappa shape index (κ1) is 14.6. The van der Waals surface area contributed by atoms with Crippen LogP contribution in [0.15, 0.2) is 42.7 Å². The van der Waals surface area contributed by atoms with E-state index >= 15 is 0 Å². The van der Waals surface area contributed by atoms with Gasteiger partial charge in [0, 0.05) is 32.0 Å². The number of nitrogens with zero attached hydrogens (tertiary/aromatic N) is 3. The molecular formula is C17H22N4O. The first-order valence-corrected chi connectivity index (χ1v) is 7.84. The third-order valence-corrected chi connectivity index (χ3v) is 4.22. The summed E-state index contributed by atoms with van der Waals surface area (Å²) < 4.78 is 1.82. The summed E-state index contributed by atoms with van der Waals surface area (Å²) in [4.78, 5) is 14.0. The molecule has 1 aromatic carbocycles. The SMILES string of the molecule is CC1CCN(C(=O)NCc2ccc(-n3cccn3)cc2)CC1. The van der Waals surface area contributed by atoms with E-state index in [1.807, 2.05) is 46.1 Å². The van der Waals surface area contributed by atoms with Crippen molar-refractivity contribution in [2.75, 3.05) is 13.1 Å². The number of hydrogen-bond donors (Lipinski definition) is 1. The van der Waals surface area contributed by atoms with Crippen molar-refractivity contribution in [3.63, 3.8) is 0 Å². The topological polar surface area (TPSA) is 50.2 Å². The van der Waals surface area contributed by atoms with Gasteiger partial charge in [-0.05, 0) is 42.5 Å². The second kappa shape index (κ2) is 6.64. The maximum Gasteiger partial charge on any atom is 0.317 e. The fraction of sp³-hybridized carbons (Fsp3) is 0.412. The predicted octanol–water partition coefficient (Wildman–Crippen LogP) is 2.81. The standard InChI is InChI=1S/C17H22N4O/c1-14-7-11-20(12-8-14)17(22)18-13-15-3-5-16(6-4-15)21-10-2-9-19-21/h2-6,9-10,14H,7-8,11-13H2,1H3,(H,18,22). The van der Waals surface area contributed by atoms with Gasteiger partial charge in [0.15, 0.2) is 0 Å². The Morgan fingerprint density at radius 2 is 2.00 bits per heavy atom. The van der Waals surface area contributed by atoms with Crippen LogP contribution in [0.3, 0.4) is 0 Å². The Morgan fingerprint density at radius 1 is 1.27 bits per heavy atom. The number of carbonyl (C=O) groups excluding carboxylic acids is 1. The molecule has 0 unspecified atom stereocenters. The van der Waals surface area contributed by atoms with Gasteiger partial charge in [-0.1, -0.05) is 19.1 Å². The number of urea groups is 1. The van der Waals surface area contributed by atoms with Gasteiger partial charge in [0.05, 0.1) is 5.69 Å². The smallest absolute Gasteiger partial charge is 0.317 e. The summed E-state index contributed by atoms with van der Waals surface area (Å²) in [5.41, 5.74) is 2.11. The van der Waals surface area contributed by atoms with E-state index in [2.05, 4.69) is 17.3 Å². The largest absolute Gasteiger partial charge is 0.334 e. The van der Waals surface area contributed by atoms with E-state index in [4.69, 9.17) is 0 Å². The molecule has 2 heterocycles. The third kappa shape index (κ3) is 3.47. The van der Waals surface area contributed by atoms with Crippen molar-refractivity contribution in [1.29, 1.82) is 0 Å². The van der Waals surface area contributed by atoms with Gasteiger partial charge in [-0.2, -0.15) is 5.10 Å². The van der Waals surface area contributed by atoms with Crippen LogP contribution < -0.4 is 5.32 Å². The van der Waals surface area contributed by atoms with Crippen LogP contribution in [0.5, 0.6) is 0 Å². The monoisotopic (exact) mass is 298 g/mol. The zero-order valence-electron chi connectivity index (χ0n) is 12.9. The second-order valence-electron chi connectivity index (χ2n) is 5.95. The number of aromatic nitrogens is 2. The highest BCUT2D eigenvalue weighted by Crippen LogP contribution is 2.16. The molecule has 5 heteroatoms. The molecule has 0 atom stereocenters. The predicted molar refractivity (Wildman–Crippen MR) is 85.8 cm³/mol. The lowest BCUT2D eigenvalue weighted by Gasteiger charge is -2.30. The van der Waals surface area contributed by atoms with Crippen molar-refractivity contribution in [2.24, 2.45) is 5.92 Å². The maximum absolute atomic E-state index is 12.1. The Labute approximate surface area is 130 Å². The van der Waals surface area contributed by atoms with Crippen LogP contribution in [-0.2, 0) is 6.54 Å². The van der Waals surface area contributed by atoms with Crippen LogP contribution in [0.25, 0.3) is 5.69 Å². The molecule has 0 bridgehead atoms. The molecule has 0 spiro atoms. The first-order valence-electron chi connectivity index (χ1n) is 7.84. The number of carbonyl (C=O) groups is 1. The van der Waals surface area contributed by atoms with E-state index in [1.54, 1.807) is 6.20 Å². The number of piperidine rings is 1. The van der Waals surface area contributed by atoms with Gasteiger partial charge in [0.2, 0.25) is 0 Å². The van der Waals surface area contributed by atoms with E-state index in [0.29, 0.717) is 6.54 Å². The zero-order valence-corrected chi connectivity index (χ0v) is 12.9. The van der Waals surface area contributed by atoms with E-state index < -0.39 is 0 Å². The molecule has 2 aromatic rings. The van der Waals surface area contributed by atoms with E-state index in [9.17, 15) is 4.79 Å². The van der Waals surface area contributed by atoms with Crippen LogP contribution in [0.1, 0.15) is 25.3 Å². The average Bonchev–Trinajstić information content (AvgIpc) is 3.08. The van der Waals surface area contributed by atoms with E-state index in [0.717, 1.165) is 43.1 Å². The molecule has 0 aliphatic carbocycles. The number of hydrogen-bond acceptors (Lipinski definition) is 2. The van der Waals surface area contributed by atoms with Crippen molar-refractivity contribution in [3.05, 3.63) is 48.3 Å². The van der Waals surface area contributed by atoms with Gasteiger partial charge in [-0.15, -0.1) is 0 Å². The fourth-order valence-electron chi connectivity index (χ4n) is 2.69. The van der Waals surface area contributed by atoms with Gasteiger partial charge in [0.1, 0.15) is 0 Å². The van der Waals surface area contributed by atoms with Crippen molar-refractivity contribution < 1.29 is 4.79 Å². The Balaban J connectivity index is 1.52. The maximum atomic E-state index is 12.1. The first-order chi connectivity index (χ1) is 10.7. The lowest BCUT2D eigenvalue weighted by Crippen LogP contribution is -2.43. The van der Waals surface area contributed by atoms with Crippen molar-refractivity contribution in [3.8, 4) is 5.69 Å². The number of amides is 2. The molecular weight excluding hydrogens is 276 g/mol. The van der Waals surface area contributed by atoms with E-state index in [1.165, 1.54) is 0 Å². The van der Waals surface area contributed by atoms with Crippen LogP contribution >= 0.6 is 0 Å². The Hall–Kier alpha value is -2.30. The van der Waals surface area contributed by atoms with Gasteiger partial charge in [-0.25, -0.2) is 9.48 Å². The molecule has 1 aliphatic heterocycles. The van der Waals surface area contributed by atoms with Crippen LogP contribution in [0.2, 0.25) is 0 Å². The van der Waals surface area contributed by atoms with Gasteiger partial charge >= 0.3 is 6.03 Å². The minimum absolute atomic E-state index is 0.0445. The highest BCUT2D eigenvalue weighted by molar-refractivity contribution is 5.74. The summed E-state index contributed by atoms with van der Waals surface area (Å²) in [7, 11) is 0. The van der Waals surface area contributed by atoms with Gasteiger partial charge in [0.25, 0.3) is 0 Å². The highest BCUT2D eigenvalue weighted by atomic mass is 16.2. The lowest BCUT2D eigenvalue weighted by atomic mass is 10.00. The molecule has 22 heavy (non-hydrogen) atoms. The van der Waals surface area contributed by atoms with E-state index in [-0.39, 0.29) is 6.03 Å². The molecule has 2 amide bonds. The summed E-state index contributed by atoms with van der Waals surface area (Å²) in [6.45, 7) is 4.54. The number of likely N-dealkylation sites (tertiary alicyclic amines) is 1. The van der Waals surface area contributed by atoms with Gasteiger partial charge < -0.3 is 10.2 Å². The lowest BCUT2D eigenvalue weighted by molar-refractivity contribution is 0.173. The van der Waals surface area contributed by atoms with Crippen molar-refractivity contribution >= 4 is 6.03 Å². The Morgan fingerprint density at radius 3 is 2.64 bits per heavy atom. The molecule has 1 aliphatic rings. The zero-order chi connectivity index (χ0) is 15.4. The number of benzene rings is 1. The minimum atomic E-state index is 0.0445. The van der Waals surface area contributed by atoms with Crippen LogP contribution in [0, 0.1) is 5.92 Å². The normalized spacial score (nSPS) is 15.8. The Kier molecular flexibility index (Phi) is 4.42. The quantitative estimate of drug-likeness (QED) is 0.947. The molecule has 0 radical (unpaired) electrons. The number of rotatable bonds is 3. The summed E-state index contributed by atoms with van der Waals surface area (Å²) >= 11 is 0. The highest BCUT2D eigenvalue weighted by Gasteiger charge is 2.19. The van der Waals surface area contributed by atoms with Crippen LogP contribution in [0.4, 0.5) is 4.79 Å². The number of nitrogens with one attached hydrogen (secondary N) is 1. The molecule has 5 nitrogen and oxygen atoms in total. The molecule has 3 rings (SSSR count). The summed E-state index contributed by atoms with van der Waals surface area (Å²) in [5.74, 6) is 0.735. The second-order valence-corrected chi connectivity index (χ2v) is 5.95. The summed E-state index contributed by atoms with van der Waals surface area (Å²) in [6.07, 6.45) is 5.87. The van der Waals surface area contributed by atoms with Gasteiger partial charge in [-0.3, -0.25) is 0 Å². The molecule has 1 aromatic heterocycles. The third-order valence-electron chi connectivity index (χ3n) is 4.22. The van der Waals surface area contributed by atoms with Crippen LogP contribution in [-0.4, -0.2) is 33.8 Å². The molecule has 0 saturated carbocycles. The summed E-state index contributed by atoms with van der Waals surface area (Å²) in [6, 6.07) is 10.0. The fourth-order valence-corrected chi connectivity index (χ4v) is 2.69. The Bertz CT molecular complexity index is 598. The molecule has 1 saturated heterocycles. The minimum Gasteiger partial charge on any atom is -0.334 e.